The van der Waals surface area contributed by atoms with Gasteiger partial charge >= 0.3 is 12.1 Å². The average molecular weight is 691 g/mol. The van der Waals surface area contributed by atoms with E-state index < -0.39 is 39.7 Å². The summed E-state index contributed by atoms with van der Waals surface area (Å²) in [6, 6.07) is 26.1. The second-order valence-corrected chi connectivity index (χ2v) is 13.1. The first-order valence-corrected chi connectivity index (χ1v) is 16.7. The van der Waals surface area contributed by atoms with Crippen molar-refractivity contribution < 1.29 is 36.3 Å². The van der Waals surface area contributed by atoms with Crippen LogP contribution in [-0.4, -0.2) is 59.0 Å². The third kappa shape index (κ3) is 8.42. The van der Waals surface area contributed by atoms with Gasteiger partial charge in [0.25, 0.3) is 15.9 Å². The fourth-order valence-corrected chi connectivity index (χ4v) is 6.33. The molecule has 9 nitrogen and oxygen atoms in total. The summed E-state index contributed by atoms with van der Waals surface area (Å²) >= 11 is 0. The van der Waals surface area contributed by atoms with Gasteiger partial charge in [0.2, 0.25) is 0 Å². The van der Waals surface area contributed by atoms with Gasteiger partial charge in [-0.3, -0.25) is 4.79 Å². The van der Waals surface area contributed by atoms with Gasteiger partial charge in [0.15, 0.2) is 5.03 Å². The molecule has 0 saturated carbocycles. The van der Waals surface area contributed by atoms with Crippen LogP contribution in [0, 0.1) is 6.92 Å². The molecule has 4 aromatic carbocycles. The lowest BCUT2D eigenvalue weighted by atomic mass is 9.99. The number of sulfonamides is 1. The van der Waals surface area contributed by atoms with Crippen LogP contribution in [0.4, 0.5) is 13.2 Å². The average Bonchev–Trinajstić information content (AvgIpc) is 3.44. The summed E-state index contributed by atoms with van der Waals surface area (Å²) in [5.41, 5.74) is 2.92. The van der Waals surface area contributed by atoms with E-state index in [-0.39, 0.29) is 30.1 Å². The number of aryl methyl sites for hydroxylation is 2. The van der Waals surface area contributed by atoms with Crippen LogP contribution >= 0.6 is 0 Å². The van der Waals surface area contributed by atoms with Crippen molar-refractivity contribution in [2.45, 2.75) is 30.6 Å². The van der Waals surface area contributed by atoms with Crippen LogP contribution in [0.2, 0.25) is 0 Å². The largest absolute Gasteiger partial charge is 0.480 e. The van der Waals surface area contributed by atoms with Gasteiger partial charge in [-0.25, -0.2) is 22.9 Å². The number of carboxylic acids is 1. The molecule has 0 aliphatic rings. The van der Waals surface area contributed by atoms with Gasteiger partial charge in [-0.2, -0.15) is 13.2 Å². The fraction of sp³-hybridized carbons (Fsp3) is 0.194. The van der Waals surface area contributed by atoms with E-state index in [1.54, 1.807) is 42.8 Å². The summed E-state index contributed by atoms with van der Waals surface area (Å²) in [6.07, 6.45) is -3.20. The number of benzene rings is 4. The standard InChI is InChI=1S/C36H33F3N4O5S/c1-24-41-33(23-42(24)2)49(47,48)40-20-21-43(32(35(45)46)22-25-8-10-27(11-9-25)26-6-4-3-5-7-26)34(44)30-14-12-28(13-15-30)29-16-18-31(19-17-29)36(37,38)39/h3-19,23,32,40H,20-22H2,1-2H3,(H,45,46). The number of halogens is 3. The van der Waals surface area contributed by atoms with Crippen molar-refractivity contribution in [3.8, 4) is 22.3 Å². The van der Waals surface area contributed by atoms with Gasteiger partial charge in [-0.05, 0) is 59.0 Å². The molecular formula is C36H33F3N4O5S. The summed E-state index contributed by atoms with van der Waals surface area (Å²) in [7, 11) is -2.42. The number of imidazole rings is 1. The second kappa shape index (κ2) is 14.5. The van der Waals surface area contributed by atoms with Gasteiger partial charge in [0, 0.05) is 38.3 Å². The van der Waals surface area contributed by atoms with E-state index >= 15 is 0 Å². The van der Waals surface area contributed by atoms with Gasteiger partial charge in [0.1, 0.15) is 11.9 Å². The van der Waals surface area contributed by atoms with Crippen LogP contribution in [0.15, 0.2) is 114 Å². The number of nitrogens with zero attached hydrogens (tertiary/aromatic N) is 3. The highest BCUT2D eigenvalue weighted by molar-refractivity contribution is 7.89. The molecule has 2 N–H and O–H groups in total. The van der Waals surface area contributed by atoms with Crippen molar-refractivity contribution in [3.63, 3.8) is 0 Å². The summed E-state index contributed by atoms with van der Waals surface area (Å²) < 4.78 is 68.9. The van der Waals surface area contributed by atoms with Crippen molar-refractivity contribution in [2.75, 3.05) is 13.1 Å². The smallest absolute Gasteiger partial charge is 0.416 e. The molecule has 0 aliphatic carbocycles. The van der Waals surface area contributed by atoms with Crippen molar-refractivity contribution in [2.24, 2.45) is 7.05 Å². The minimum absolute atomic E-state index is 0.0635. The number of nitrogens with one attached hydrogen (secondary N) is 1. The summed E-state index contributed by atoms with van der Waals surface area (Å²) in [5.74, 6) is -1.48. The van der Waals surface area contributed by atoms with Crippen molar-refractivity contribution in [1.29, 1.82) is 0 Å². The molecule has 1 unspecified atom stereocenters. The third-order valence-corrected chi connectivity index (χ3v) is 9.43. The summed E-state index contributed by atoms with van der Waals surface area (Å²) in [5, 5.41) is 10.1. The molecule has 0 fully saturated rings. The Morgan fingerprint density at radius 1 is 0.857 bits per heavy atom. The Hall–Kier alpha value is -5.27. The number of rotatable bonds is 12. The number of hydrogen-bond acceptors (Lipinski definition) is 5. The zero-order chi connectivity index (χ0) is 35.3. The Kier molecular flexibility index (Phi) is 10.3. The Labute approximate surface area is 281 Å². The molecule has 49 heavy (non-hydrogen) atoms. The molecule has 0 aliphatic heterocycles. The number of carboxylic acid groups (broad SMARTS) is 1. The first-order chi connectivity index (χ1) is 23.2. The lowest BCUT2D eigenvalue weighted by molar-refractivity contribution is -0.142. The lowest BCUT2D eigenvalue weighted by Crippen LogP contribution is -2.49. The van der Waals surface area contributed by atoms with E-state index in [0.29, 0.717) is 22.5 Å². The van der Waals surface area contributed by atoms with E-state index in [0.717, 1.165) is 28.2 Å². The number of aliphatic carboxylic acids is 1. The predicted molar refractivity (Wildman–Crippen MR) is 178 cm³/mol. The number of carbonyl (C=O) groups is 2. The Morgan fingerprint density at radius 2 is 1.39 bits per heavy atom. The maximum absolute atomic E-state index is 13.9. The molecule has 13 heteroatoms. The quantitative estimate of drug-likeness (QED) is 0.161. The van der Waals surface area contributed by atoms with E-state index in [2.05, 4.69) is 9.71 Å². The van der Waals surface area contributed by atoms with Crippen molar-refractivity contribution >= 4 is 21.9 Å². The first-order valence-electron chi connectivity index (χ1n) is 15.2. The van der Waals surface area contributed by atoms with Crippen LogP contribution in [0.1, 0.15) is 27.3 Å². The van der Waals surface area contributed by atoms with Crippen molar-refractivity contribution in [1.82, 2.24) is 19.2 Å². The summed E-state index contributed by atoms with van der Waals surface area (Å²) in [4.78, 5) is 31.8. The lowest BCUT2D eigenvalue weighted by Gasteiger charge is -2.29. The monoisotopic (exact) mass is 690 g/mol. The van der Waals surface area contributed by atoms with Gasteiger partial charge in [-0.1, -0.05) is 78.9 Å². The minimum atomic E-state index is -4.48. The second-order valence-electron chi connectivity index (χ2n) is 11.4. The highest BCUT2D eigenvalue weighted by atomic mass is 32.2. The van der Waals surface area contributed by atoms with Crippen LogP contribution in [0.3, 0.4) is 0 Å². The van der Waals surface area contributed by atoms with Crippen LogP contribution in [0.5, 0.6) is 0 Å². The molecule has 1 heterocycles. The third-order valence-electron chi connectivity index (χ3n) is 8.10. The molecular weight excluding hydrogens is 657 g/mol. The van der Waals surface area contributed by atoms with Crippen LogP contribution in [0.25, 0.3) is 22.3 Å². The number of aromatic nitrogens is 2. The number of amides is 1. The number of hydrogen-bond donors (Lipinski definition) is 2. The van der Waals surface area contributed by atoms with E-state index in [1.807, 2.05) is 42.5 Å². The fourth-order valence-electron chi connectivity index (χ4n) is 5.27. The normalized spacial score (nSPS) is 12.4. The topological polar surface area (TPSA) is 122 Å². The van der Waals surface area contributed by atoms with E-state index in [4.69, 9.17) is 0 Å². The highest BCUT2D eigenvalue weighted by Crippen LogP contribution is 2.31. The maximum atomic E-state index is 13.9. The molecule has 5 rings (SSSR count). The van der Waals surface area contributed by atoms with Gasteiger partial charge in [0.05, 0.1) is 5.56 Å². The number of carbonyl (C=O) groups excluding carboxylic acids is 1. The van der Waals surface area contributed by atoms with Crippen LogP contribution < -0.4 is 4.72 Å². The van der Waals surface area contributed by atoms with Gasteiger partial charge < -0.3 is 14.6 Å². The molecule has 0 saturated heterocycles. The molecule has 5 aromatic rings. The molecule has 254 valence electrons. The van der Waals surface area contributed by atoms with Crippen molar-refractivity contribution in [3.05, 3.63) is 132 Å². The molecule has 1 amide bonds. The Morgan fingerprint density at radius 3 is 1.90 bits per heavy atom. The molecule has 1 aromatic heterocycles. The maximum Gasteiger partial charge on any atom is 0.416 e. The molecule has 1 atom stereocenters. The Bertz CT molecular complexity index is 2010. The molecule has 0 bridgehead atoms. The molecule has 0 radical (unpaired) electrons. The first kappa shape index (κ1) is 35.0. The van der Waals surface area contributed by atoms with Gasteiger partial charge in [-0.15, -0.1) is 0 Å². The molecule has 0 spiro atoms. The Balaban J connectivity index is 1.40. The minimum Gasteiger partial charge on any atom is -0.480 e. The van der Waals surface area contributed by atoms with E-state index in [1.165, 1.54) is 30.5 Å². The number of alkyl halides is 3. The van der Waals surface area contributed by atoms with Crippen LogP contribution in [-0.2, 0) is 34.5 Å². The van der Waals surface area contributed by atoms with E-state index in [9.17, 15) is 36.3 Å². The highest BCUT2D eigenvalue weighted by Gasteiger charge is 2.32. The SMILES string of the molecule is Cc1nc(S(=O)(=O)NCCN(C(=O)c2ccc(-c3ccc(C(F)(F)F)cc3)cc2)C(Cc2ccc(-c3ccccc3)cc2)C(=O)O)cn1C. The summed E-state index contributed by atoms with van der Waals surface area (Å²) in [6.45, 7) is 1.06. The zero-order valence-corrected chi connectivity index (χ0v) is 27.4. The zero-order valence-electron chi connectivity index (χ0n) is 26.6. The predicted octanol–water partition coefficient (Wildman–Crippen LogP) is 6.20.